The molecule has 2 aliphatic rings. The number of thiocarbonyl (C=S) groups is 1. The lowest BCUT2D eigenvalue weighted by Crippen LogP contribution is -2.39. The van der Waals surface area contributed by atoms with Gasteiger partial charge in [-0.05, 0) is 44.0 Å². The Morgan fingerprint density at radius 1 is 1.26 bits per heavy atom. The van der Waals surface area contributed by atoms with Crippen molar-refractivity contribution in [1.29, 1.82) is 0 Å². The lowest BCUT2D eigenvalue weighted by atomic mass is 10.1. The number of carbonyl (C=O) groups excluding carboxylic acids is 1. The zero-order chi connectivity index (χ0) is 19.6. The van der Waals surface area contributed by atoms with Crippen LogP contribution in [0.25, 0.3) is 6.08 Å². The van der Waals surface area contributed by atoms with Crippen molar-refractivity contribution in [3.05, 3.63) is 28.7 Å². The standard InChI is InChI=1S/C18H21NO5S3/c1-3-23-14-6-5-12(9-15(14)24-4-2)10-16-17(20)19(18(25)26-16)13-7-8-27(21,22)11-13/h5-6,9-10,13H,3-4,7-8,11H2,1-2H3/b16-10+/t13-/m0/s1. The number of benzene rings is 1. The van der Waals surface area contributed by atoms with Crippen LogP contribution in [-0.4, -0.2) is 54.3 Å². The van der Waals surface area contributed by atoms with Crippen LogP contribution in [0.5, 0.6) is 11.5 Å². The van der Waals surface area contributed by atoms with Gasteiger partial charge in [0.25, 0.3) is 5.91 Å². The number of amides is 1. The van der Waals surface area contributed by atoms with E-state index in [1.165, 1.54) is 16.7 Å². The Hall–Kier alpha value is -1.58. The van der Waals surface area contributed by atoms with Gasteiger partial charge in [0.15, 0.2) is 21.3 Å². The van der Waals surface area contributed by atoms with Gasteiger partial charge in [0.05, 0.1) is 35.7 Å². The minimum atomic E-state index is -3.09. The highest BCUT2D eigenvalue weighted by Crippen LogP contribution is 2.37. The maximum Gasteiger partial charge on any atom is 0.266 e. The molecule has 1 aromatic carbocycles. The molecule has 0 aromatic heterocycles. The first kappa shape index (κ1) is 20.2. The molecule has 1 aromatic rings. The van der Waals surface area contributed by atoms with Gasteiger partial charge in [-0.3, -0.25) is 9.69 Å². The zero-order valence-electron chi connectivity index (χ0n) is 15.1. The highest BCUT2D eigenvalue weighted by Gasteiger charge is 2.42. The molecule has 0 N–H and O–H groups in total. The largest absolute Gasteiger partial charge is 0.490 e. The van der Waals surface area contributed by atoms with E-state index >= 15 is 0 Å². The first-order chi connectivity index (χ1) is 12.8. The van der Waals surface area contributed by atoms with Crippen molar-refractivity contribution < 1.29 is 22.7 Å². The Labute approximate surface area is 168 Å². The average Bonchev–Trinajstić information content (AvgIpc) is 3.09. The van der Waals surface area contributed by atoms with E-state index in [1.807, 2.05) is 32.0 Å². The van der Waals surface area contributed by atoms with Crippen molar-refractivity contribution in [3.8, 4) is 11.5 Å². The van der Waals surface area contributed by atoms with Crippen LogP contribution in [0.4, 0.5) is 0 Å². The monoisotopic (exact) mass is 427 g/mol. The maximum atomic E-state index is 12.8. The van der Waals surface area contributed by atoms with E-state index in [4.69, 9.17) is 21.7 Å². The Morgan fingerprint density at radius 2 is 1.96 bits per heavy atom. The normalized spacial score (nSPS) is 23.3. The number of thioether (sulfide) groups is 1. The van der Waals surface area contributed by atoms with Crippen LogP contribution in [0.2, 0.25) is 0 Å². The van der Waals surface area contributed by atoms with Crippen LogP contribution in [0, 0.1) is 0 Å². The highest BCUT2D eigenvalue weighted by molar-refractivity contribution is 8.26. The van der Waals surface area contributed by atoms with E-state index in [-0.39, 0.29) is 23.5 Å². The quantitative estimate of drug-likeness (QED) is 0.510. The summed E-state index contributed by atoms with van der Waals surface area (Å²) in [6.45, 7) is 4.82. The second-order valence-electron chi connectivity index (χ2n) is 6.18. The molecule has 2 aliphatic heterocycles. The molecule has 0 aliphatic carbocycles. The summed E-state index contributed by atoms with van der Waals surface area (Å²) in [5.41, 5.74) is 0.793. The van der Waals surface area contributed by atoms with Crippen molar-refractivity contribution in [2.45, 2.75) is 26.3 Å². The van der Waals surface area contributed by atoms with Crippen LogP contribution < -0.4 is 9.47 Å². The van der Waals surface area contributed by atoms with Crippen LogP contribution >= 0.6 is 24.0 Å². The molecule has 0 spiro atoms. The first-order valence-electron chi connectivity index (χ1n) is 8.71. The van der Waals surface area contributed by atoms with Gasteiger partial charge in [0.1, 0.15) is 4.32 Å². The lowest BCUT2D eigenvalue weighted by Gasteiger charge is -2.20. The summed E-state index contributed by atoms with van der Waals surface area (Å²) in [6, 6.07) is 5.11. The fourth-order valence-corrected chi connectivity index (χ4v) is 6.18. The van der Waals surface area contributed by atoms with Gasteiger partial charge < -0.3 is 9.47 Å². The van der Waals surface area contributed by atoms with Crippen LogP contribution in [0.3, 0.4) is 0 Å². The number of ether oxygens (including phenoxy) is 2. The second kappa shape index (κ2) is 8.20. The van der Waals surface area contributed by atoms with Crippen molar-refractivity contribution in [3.63, 3.8) is 0 Å². The number of carbonyl (C=O) groups is 1. The second-order valence-corrected chi connectivity index (χ2v) is 10.1. The van der Waals surface area contributed by atoms with Gasteiger partial charge in [0.2, 0.25) is 0 Å². The molecule has 0 unspecified atom stereocenters. The molecule has 146 valence electrons. The third kappa shape index (κ3) is 4.47. The van der Waals surface area contributed by atoms with Gasteiger partial charge in [-0.1, -0.05) is 30.0 Å². The van der Waals surface area contributed by atoms with Gasteiger partial charge in [-0.15, -0.1) is 0 Å². The summed E-state index contributed by atoms with van der Waals surface area (Å²) in [5.74, 6) is 1.11. The average molecular weight is 428 g/mol. The van der Waals surface area contributed by atoms with Gasteiger partial charge >= 0.3 is 0 Å². The summed E-state index contributed by atoms with van der Waals surface area (Å²) in [5, 5.41) is 0. The van der Waals surface area contributed by atoms with Crippen molar-refractivity contribution in [2.75, 3.05) is 24.7 Å². The van der Waals surface area contributed by atoms with E-state index < -0.39 is 9.84 Å². The minimum absolute atomic E-state index is 0.0235. The zero-order valence-corrected chi connectivity index (χ0v) is 17.6. The number of nitrogens with zero attached hydrogens (tertiary/aromatic N) is 1. The van der Waals surface area contributed by atoms with Crippen molar-refractivity contribution in [2.24, 2.45) is 0 Å². The van der Waals surface area contributed by atoms with Gasteiger partial charge in [-0.25, -0.2) is 8.42 Å². The number of sulfone groups is 1. The Bertz CT molecular complexity index is 894. The highest BCUT2D eigenvalue weighted by atomic mass is 32.2. The molecule has 0 bridgehead atoms. The Kier molecular flexibility index (Phi) is 6.12. The Morgan fingerprint density at radius 3 is 2.59 bits per heavy atom. The number of rotatable bonds is 6. The van der Waals surface area contributed by atoms with E-state index in [2.05, 4.69) is 0 Å². The molecule has 2 fully saturated rings. The molecule has 1 atom stereocenters. The molecule has 2 heterocycles. The molecule has 6 nitrogen and oxygen atoms in total. The molecule has 1 amide bonds. The van der Waals surface area contributed by atoms with Crippen LogP contribution in [0.1, 0.15) is 25.8 Å². The third-order valence-electron chi connectivity index (χ3n) is 4.26. The van der Waals surface area contributed by atoms with Crippen LogP contribution in [-0.2, 0) is 14.6 Å². The van der Waals surface area contributed by atoms with E-state index in [9.17, 15) is 13.2 Å². The van der Waals surface area contributed by atoms with Crippen molar-refractivity contribution in [1.82, 2.24) is 4.90 Å². The molecule has 2 saturated heterocycles. The van der Waals surface area contributed by atoms with Gasteiger partial charge in [0, 0.05) is 0 Å². The lowest BCUT2D eigenvalue weighted by molar-refractivity contribution is -0.123. The molecule has 0 saturated carbocycles. The van der Waals surface area contributed by atoms with E-state index in [0.29, 0.717) is 40.4 Å². The SMILES string of the molecule is CCOc1ccc(/C=C2/SC(=S)N([C@H]3CCS(=O)(=O)C3)C2=O)cc1OCC. The van der Waals surface area contributed by atoms with Gasteiger partial charge in [-0.2, -0.15) is 0 Å². The van der Waals surface area contributed by atoms with Crippen LogP contribution in [0.15, 0.2) is 23.1 Å². The molecule has 3 rings (SSSR count). The van der Waals surface area contributed by atoms with E-state index in [1.54, 1.807) is 6.08 Å². The molecule has 9 heteroatoms. The Balaban J connectivity index is 1.84. The summed E-state index contributed by atoms with van der Waals surface area (Å²) in [4.78, 5) is 14.7. The third-order valence-corrected chi connectivity index (χ3v) is 7.34. The number of hydrogen-bond acceptors (Lipinski definition) is 7. The van der Waals surface area contributed by atoms with E-state index in [0.717, 1.165) is 5.56 Å². The molecule has 0 radical (unpaired) electrons. The predicted octanol–water partition coefficient (Wildman–Crippen LogP) is 2.87. The smallest absolute Gasteiger partial charge is 0.266 e. The summed E-state index contributed by atoms with van der Waals surface area (Å²) in [6.07, 6.45) is 2.18. The number of hydrogen-bond donors (Lipinski definition) is 0. The fourth-order valence-electron chi connectivity index (χ4n) is 3.08. The summed E-state index contributed by atoms with van der Waals surface area (Å²) in [7, 11) is -3.09. The summed E-state index contributed by atoms with van der Waals surface area (Å²) < 4.78 is 35.1. The summed E-state index contributed by atoms with van der Waals surface area (Å²) >= 11 is 6.53. The van der Waals surface area contributed by atoms with Crippen molar-refractivity contribution >= 4 is 50.1 Å². The predicted molar refractivity (Wildman–Crippen MR) is 111 cm³/mol. The first-order valence-corrected chi connectivity index (χ1v) is 11.8. The molecular formula is C18H21NO5S3. The molecular weight excluding hydrogens is 406 g/mol. The maximum absolute atomic E-state index is 12.8. The minimum Gasteiger partial charge on any atom is -0.490 e. The fraction of sp³-hybridized carbons (Fsp3) is 0.444. The topological polar surface area (TPSA) is 72.9 Å². The molecule has 27 heavy (non-hydrogen) atoms.